The van der Waals surface area contributed by atoms with Crippen molar-refractivity contribution >= 4 is 12.4 Å². The highest BCUT2D eigenvalue weighted by atomic mass is 35.5. The molecule has 1 aliphatic rings. The molecule has 0 aliphatic carbocycles. The van der Waals surface area contributed by atoms with E-state index in [0.29, 0.717) is 12.5 Å². The van der Waals surface area contributed by atoms with Gasteiger partial charge in [0.15, 0.2) is 0 Å². The van der Waals surface area contributed by atoms with Crippen LogP contribution in [-0.2, 0) is 4.74 Å². The Bertz CT molecular complexity index is 300. The van der Waals surface area contributed by atoms with Crippen molar-refractivity contribution in [1.82, 2.24) is 15.1 Å². The number of morpholine rings is 1. The Hall–Kier alpha value is -0.780. The standard InChI is InChI=1S/C10H17N3O2.ClH/c1-9-8-10(12-11-9)15-7-4-13-2-5-14-6-3-13;/h8H,2-7H2,1H3,(H,11,12);1H. The van der Waals surface area contributed by atoms with Crippen molar-refractivity contribution in [3.8, 4) is 5.88 Å². The summed E-state index contributed by atoms with van der Waals surface area (Å²) < 4.78 is 10.8. The molecule has 16 heavy (non-hydrogen) atoms. The van der Waals surface area contributed by atoms with Crippen LogP contribution in [0.15, 0.2) is 6.07 Å². The third kappa shape index (κ3) is 4.00. The Labute approximate surface area is 102 Å². The topological polar surface area (TPSA) is 50.4 Å². The van der Waals surface area contributed by atoms with Crippen LogP contribution in [0.2, 0.25) is 0 Å². The highest BCUT2D eigenvalue weighted by Gasteiger charge is 2.09. The third-order valence-corrected chi connectivity index (χ3v) is 2.44. The minimum Gasteiger partial charge on any atom is -0.475 e. The van der Waals surface area contributed by atoms with E-state index < -0.39 is 0 Å². The van der Waals surface area contributed by atoms with Crippen molar-refractivity contribution in [1.29, 1.82) is 0 Å². The fraction of sp³-hybridized carbons (Fsp3) is 0.700. The molecule has 0 unspecified atom stereocenters. The van der Waals surface area contributed by atoms with E-state index in [9.17, 15) is 0 Å². The van der Waals surface area contributed by atoms with E-state index in [1.165, 1.54) is 0 Å². The molecule has 0 bridgehead atoms. The van der Waals surface area contributed by atoms with Gasteiger partial charge in [-0.1, -0.05) is 0 Å². The van der Waals surface area contributed by atoms with Crippen LogP contribution < -0.4 is 4.74 Å². The van der Waals surface area contributed by atoms with Crippen LogP contribution in [0.3, 0.4) is 0 Å². The van der Waals surface area contributed by atoms with Crippen molar-refractivity contribution in [2.24, 2.45) is 0 Å². The number of hydrogen-bond donors (Lipinski definition) is 1. The number of ether oxygens (including phenoxy) is 2. The number of aryl methyl sites for hydroxylation is 1. The van der Waals surface area contributed by atoms with Gasteiger partial charge in [-0.2, -0.15) is 0 Å². The summed E-state index contributed by atoms with van der Waals surface area (Å²) in [6, 6.07) is 1.90. The maximum Gasteiger partial charge on any atom is 0.232 e. The molecular weight excluding hydrogens is 230 g/mol. The molecule has 0 aromatic carbocycles. The minimum atomic E-state index is 0. The van der Waals surface area contributed by atoms with E-state index in [4.69, 9.17) is 9.47 Å². The lowest BCUT2D eigenvalue weighted by atomic mass is 10.4. The zero-order valence-corrected chi connectivity index (χ0v) is 10.3. The SMILES string of the molecule is Cc1cc(OCCN2CCOCC2)n[nH]1.Cl. The van der Waals surface area contributed by atoms with E-state index in [1.54, 1.807) is 0 Å². The molecule has 0 atom stereocenters. The number of halogens is 1. The first-order chi connectivity index (χ1) is 7.34. The maximum absolute atomic E-state index is 5.50. The molecule has 1 aliphatic heterocycles. The zero-order valence-electron chi connectivity index (χ0n) is 9.44. The molecule has 2 heterocycles. The summed E-state index contributed by atoms with van der Waals surface area (Å²) in [5, 5.41) is 6.86. The summed E-state index contributed by atoms with van der Waals surface area (Å²) in [5.41, 5.74) is 1.02. The number of rotatable bonds is 4. The lowest BCUT2D eigenvalue weighted by Crippen LogP contribution is -2.38. The molecule has 0 saturated carbocycles. The van der Waals surface area contributed by atoms with Gasteiger partial charge in [0.2, 0.25) is 5.88 Å². The average Bonchev–Trinajstić information content (AvgIpc) is 2.66. The fourth-order valence-corrected chi connectivity index (χ4v) is 1.57. The Morgan fingerprint density at radius 2 is 2.25 bits per heavy atom. The summed E-state index contributed by atoms with van der Waals surface area (Å²) >= 11 is 0. The molecule has 2 rings (SSSR count). The molecule has 1 N–H and O–H groups in total. The molecule has 1 saturated heterocycles. The maximum atomic E-state index is 5.50. The molecule has 0 radical (unpaired) electrons. The van der Waals surface area contributed by atoms with Gasteiger partial charge in [-0.3, -0.25) is 10.00 Å². The number of nitrogens with one attached hydrogen (secondary N) is 1. The third-order valence-electron chi connectivity index (χ3n) is 2.44. The number of aromatic nitrogens is 2. The smallest absolute Gasteiger partial charge is 0.232 e. The van der Waals surface area contributed by atoms with E-state index >= 15 is 0 Å². The first-order valence-electron chi connectivity index (χ1n) is 5.29. The van der Waals surface area contributed by atoms with Gasteiger partial charge in [-0.15, -0.1) is 17.5 Å². The number of H-pyrrole nitrogens is 1. The van der Waals surface area contributed by atoms with E-state index in [0.717, 1.165) is 38.5 Å². The average molecular weight is 248 g/mol. The molecule has 0 spiro atoms. The van der Waals surface area contributed by atoms with E-state index in [2.05, 4.69) is 15.1 Å². The van der Waals surface area contributed by atoms with Crippen molar-refractivity contribution < 1.29 is 9.47 Å². The number of nitrogens with zero attached hydrogens (tertiary/aromatic N) is 2. The van der Waals surface area contributed by atoms with Crippen LogP contribution in [0, 0.1) is 6.92 Å². The molecule has 5 nitrogen and oxygen atoms in total. The second-order valence-electron chi connectivity index (χ2n) is 3.69. The number of hydrogen-bond acceptors (Lipinski definition) is 4. The first kappa shape index (κ1) is 13.3. The Balaban J connectivity index is 0.00000128. The van der Waals surface area contributed by atoms with Gasteiger partial charge in [0.1, 0.15) is 6.61 Å². The molecule has 6 heteroatoms. The molecule has 1 fully saturated rings. The molecular formula is C10H18ClN3O2. The normalized spacial score (nSPS) is 16.8. The highest BCUT2D eigenvalue weighted by Crippen LogP contribution is 2.06. The first-order valence-corrected chi connectivity index (χ1v) is 5.29. The Morgan fingerprint density at radius 3 is 2.88 bits per heavy atom. The predicted octanol–water partition coefficient (Wildman–Crippen LogP) is 0.851. The summed E-state index contributed by atoms with van der Waals surface area (Å²) in [6.07, 6.45) is 0. The summed E-state index contributed by atoms with van der Waals surface area (Å²) in [5.74, 6) is 0.681. The van der Waals surface area contributed by atoms with Gasteiger partial charge in [0.05, 0.1) is 13.2 Å². The van der Waals surface area contributed by atoms with E-state index in [1.807, 2.05) is 13.0 Å². The lowest BCUT2D eigenvalue weighted by Gasteiger charge is -2.26. The lowest BCUT2D eigenvalue weighted by molar-refractivity contribution is 0.0320. The monoisotopic (exact) mass is 247 g/mol. The summed E-state index contributed by atoms with van der Waals surface area (Å²) in [4.78, 5) is 2.34. The van der Waals surface area contributed by atoms with Gasteiger partial charge in [-0.05, 0) is 6.92 Å². The minimum absolute atomic E-state index is 0. The molecule has 92 valence electrons. The van der Waals surface area contributed by atoms with Crippen LogP contribution in [-0.4, -0.2) is 54.6 Å². The van der Waals surface area contributed by atoms with E-state index in [-0.39, 0.29) is 12.4 Å². The molecule has 1 aromatic rings. The van der Waals surface area contributed by atoms with Gasteiger partial charge >= 0.3 is 0 Å². The quantitative estimate of drug-likeness (QED) is 0.857. The number of aromatic amines is 1. The van der Waals surface area contributed by atoms with Gasteiger partial charge < -0.3 is 9.47 Å². The molecule has 1 aromatic heterocycles. The Morgan fingerprint density at radius 1 is 1.50 bits per heavy atom. The van der Waals surface area contributed by atoms with Crippen molar-refractivity contribution in [2.45, 2.75) is 6.92 Å². The van der Waals surface area contributed by atoms with Crippen molar-refractivity contribution in [3.05, 3.63) is 11.8 Å². The van der Waals surface area contributed by atoms with Gasteiger partial charge in [0, 0.05) is 31.4 Å². The zero-order chi connectivity index (χ0) is 10.5. The summed E-state index contributed by atoms with van der Waals surface area (Å²) in [7, 11) is 0. The van der Waals surface area contributed by atoms with Gasteiger partial charge in [0.25, 0.3) is 0 Å². The van der Waals surface area contributed by atoms with Gasteiger partial charge in [-0.25, -0.2) is 0 Å². The van der Waals surface area contributed by atoms with Crippen LogP contribution in [0.25, 0.3) is 0 Å². The second kappa shape index (κ2) is 6.73. The van der Waals surface area contributed by atoms with Crippen LogP contribution in [0.4, 0.5) is 0 Å². The van der Waals surface area contributed by atoms with Crippen molar-refractivity contribution in [2.75, 3.05) is 39.5 Å². The highest BCUT2D eigenvalue weighted by molar-refractivity contribution is 5.85. The molecule has 0 amide bonds. The predicted molar refractivity (Wildman–Crippen MR) is 63.3 cm³/mol. The van der Waals surface area contributed by atoms with Crippen LogP contribution in [0.5, 0.6) is 5.88 Å². The fourth-order valence-electron chi connectivity index (χ4n) is 1.57. The van der Waals surface area contributed by atoms with Crippen LogP contribution >= 0.6 is 12.4 Å². The van der Waals surface area contributed by atoms with Crippen molar-refractivity contribution in [3.63, 3.8) is 0 Å². The second-order valence-corrected chi connectivity index (χ2v) is 3.69. The largest absolute Gasteiger partial charge is 0.475 e. The van der Waals surface area contributed by atoms with Crippen LogP contribution in [0.1, 0.15) is 5.69 Å². The Kier molecular flexibility index (Phi) is 5.59. The summed E-state index contributed by atoms with van der Waals surface area (Å²) in [6.45, 7) is 7.26.